The van der Waals surface area contributed by atoms with E-state index in [-0.39, 0.29) is 23.5 Å². The van der Waals surface area contributed by atoms with Crippen LogP contribution in [0.25, 0.3) is 0 Å². The van der Waals surface area contributed by atoms with E-state index in [9.17, 15) is 9.18 Å². The van der Waals surface area contributed by atoms with Crippen molar-refractivity contribution in [3.63, 3.8) is 0 Å². The topological polar surface area (TPSA) is 64.3 Å². The van der Waals surface area contributed by atoms with Crippen LogP contribution in [-0.2, 0) is 4.79 Å². The van der Waals surface area contributed by atoms with Crippen molar-refractivity contribution >= 4 is 11.6 Å². The molecule has 2 atom stereocenters. The van der Waals surface area contributed by atoms with Gasteiger partial charge in [-0.2, -0.15) is 0 Å². The first-order chi connectivity index (χ1) is 9.65. The smallest absolute Gasteiger partial charge is 0.227 e. The first-order valence-electron chi connectivity index (χ1n) is 7.09. The fourth-order valence-electron chi connectivity index (χ4n) is 2.75. The lowest BCUT2D eigenvalue weighted by atomic mass is 9.95. The van der Waals surface area contributed by atoms with Gasteiger partial charge in [-0.25, -0.2) is 4.39 Å². The van der Waals surface area contributed by atoms with Crippen LogP contribution in [0.3, 0.4) is 0 Å². The Labute approximate surface area is 118 Å². The fourth-order valence-corrected chi connectivity index (χ4v) is 2.75. The Morgan fingerprint density at radius 3 is 2.95 bits per heavy atom. The SMILES string of the molecule is CCOc1ccc(NC(=O)C2CCCC2CN)cc1F. The molecule has 1 aromatic carbocycles. The average Bonchev–Trinajstić information content (AvgIpc) is 2.90. The van der Waals surface area contributed by atoms with E-state index < -0.39 is 5.82 Å². The van der Waals surface area contributed by atoms with Gasteiger partial charge in [-0.1, -0.05) is 6.42 Å². The molecule has 0 spiro atoms. The van der Waals surface area contributed by atoms with Crippen LogP contribution < -0.4 is 15.8 Å². The molecule has 3 N–H and O–H groups in total. The Kier molecular flexibility index (Phi) is 4.95. The Balaban J connectivity index is 2.02. The number of hydrogen-bond acceptors (Lipinski definition) is 3. The minimum Gasteiger partial charge on any atom is -0.491 e. The average molecular weight is 280 g/mol. The number of hydrogen-bond donors (Lipinski definition) is 2. The number of anilines is 1. The molecular formula is C15H21FN2O2. The second-order valence-corrected chi connectivity index (χ2v) is 5.10. The molecule has 0 aromatic heterocycles. The predicted molar refractivity (Wildman–Crippen MR) is 76.1 cm³/mol. The third-order valence-electron chi connectivity index (χ3n) is 3.80. The Hall–Kier alpha value is -1.62. The number of benzene rings is 1. The lowest BCUT2D eigenvalue weighted by molar-refractivity contribution is -0.120. The Bertz CT molecular complexity index is 479. The number of amides is 1. The molecule has 5 heteroatoms. The van der Waals surface area contributed by atoms with E-state index in [0.717, 1.165) is 19.3 Å². The van der Waals surface area contributed by atoms with Crippen molar-refractivity contribution in [3.05, 3.63) is 24.0 Å². The minimum atomic E-state index is -0.466. The Morgan fingerprint density at radius 1 is 1.50 bits per heavy atom. The van der Waals surface area contributed by atoms with Crippen LogP contribution in [0.5, 0.6) is 5.75 Å². The highest BCUT2D eigenvalue weighted by Gasteiger charge is 2.31. The van der Waals surface area contributed by atoms with Crippen LogP contribution >= 0.6 is 0 Å². The molecule has 1 amide bonds. The maximum atomic E-state index is 13.7. The first kappa shape index (κ1) is 14.8. The van der Waals surface area contributed by atoms with Gasteiger partial charge < -0.3 is 15.8 Å². The summed E-state index contributed by atoms with van der Waals surface area (Å²) >= 11 is 0. The van der Waals surface area contributed by atoms with Crippen LogP contribution in [0, 0.1) is 17.7 Å². The molecule has 20 heavy (non-hydrogen) atoms. The van der Waals surface area contributed by atoms with E-state index in [1.165, 1.54) is 12.1 Å². The molecule has 1 saturated carbocycles. The standard InChI is InChI=1S/C15H21FN2O2/c1-2-20-14-7-6-11(8-13(14)16)18-15(19)12-5-3-4-10(12)9-17/h6-8,10,12H,2-5,9,17H2,1H3,(H,18,19). The molecule has 1 aromatic rings. The van der Waals surface area contributed by atoms with Crippen molar-refractivity contribution < 1.29 is 13.9 Å². The normalized spacial score (nSPS) is 21.8. The quantitative estimate of drug-likeness (QED) is 0.871. The molecule has 1 aliphatic rings. The van der Waals surface area contributed by atoms with Gasteiger partial charge in [-0.3, -0.25) is 4.79 Å². The molecule has 2 rings (SSSR count). The van der Waals surface area contributed by atoms with E-state index >= 15 is 0 Å². The van der Waals surface area contributed by atoms with Crippen molar-refractivity contribution in [2.45, 2.75) is 26.2 Å². The van der Waals surface area contributed by atoms with Crippen molar-refractivity contribution in [3.8, 4) is 5.75 Å². The van der Waals surface area contributed by atoms with Crippen LogP contribution in [0.1, 0.15) is 26.2 Å². The van der Waals surface area contributed by atoms with Crippen molar-refractivity contribution in [2.75, 3.05) is 18.5 Å². The lowest BCUT2D eigenvalue weighted by Crippen LogP contribution is -2.29. The molecule has 0 bridgehead atoms. The van der Waals surface area contributed by atoms with Gasteiger partial charge in [0.15, 0.2) is 11.6 Å². The number of ether oxygens (including phenoxy) is 1. The third-order valence-corrected chi connectivity index (χ3v) is 3.80. The summed E-state index contributed by atoms with van der Waals surface area (Å²) in [5, 5.41) is 2.77. The monoisotopic (exact) mass is 280 g/mol. The van der Waals surface area contributed by atoms with E-state index in [1.54, 1.807) is 13.0 Å². The largest absolute Gasteiger partial charge is 0.491 e. The highest BCUT2D eigenvalue weighted by atomic mass is 19.1. The van der Waals surface area contributed by atoms with Gasteiger partial charge in [0.05, 0.1) is 6.61 Å². The number of rotatable bonds is 5. The maximum absolute atomic E-state index is 13.7. The zero-order chi connectivity index (χ0) is 14.5. The van der Waals surface area contributed by atoms with Gasteiger partial charge in [0, 0.05) is 17.7 Å². The van der Waals surface area contributed by atoms with Gasteiger partial charge >= 0.3 is 0 Å². The van der Waals surface area contributed by atoms with Crippen molar-refractivity contribution in [1.29, 1.82) is 0 Å². The van der Waals surface area contributed by atoms with E-state index in [1.807, 2.05) is 0 Å². The summed E-state index contributed by atoms with van der Waals surface area (Å²) < 4.78 is 18.8. The zero-order valence-corrected chi connectivity index (χ0v) is 11.7. The van der Waals surface area contributed by atoms with Crippen molar-refractivity contribution in [1.82, 2.24) is 0 Å². The highest BCUT2D eigenvalue weighted by Crippen LogP contribution is 2.32. The van der Waals surface area contributed by atoms with Crippen LogP contribution in [-0.4, -0.2) is 19.1 Å². The van der Waals surface area contributed by atoms with Gasteiger partial charge in [0.25, 0.3) is 0 Å². The summed E-state index contributed by atoms with van der Waals surface area (Å²) in [7, 11) is 0. The van der Waals surface area contributed by atoms with Gasteiger partial charge in [0.2, 0.25) is 5.91 Å². The van der Waals surface area contributed by atoms with Crippen molar-refractivity contribution in [2.24, 2.45) is 17.6 Å². The number of carbonyl (C=O) groups is 1. The summed E-state index contributed by atoms with van der Waals surface area (Å²) in [6.45, 7) is 2.72. The number of carbonyl (C=O) groups excluding carboxylic acids is 1. The molecule has 0 aliphatic heterocycles. The molecule has 1 fully saturated rings. The molecule has 4 nitrogen and oxygen atoms in total. The van der Waals surface area contributed by atoms with Crippen LogP contribution in [0.15, 0.2) is 18.2 Å². The van der Waals surface area contributed by atoms with Gasteiger partial charge in [0.1, 0.15) is 0 Å². The first-order valence-corrected chi connectivity index (χ1v) is 7.09. The van der Waals surface area contributed by atoms with Crippen LogP contribution in [0.4, 0.5) is 10.1 Å². The van der Waals surface area contributed by atoms with Crippen LogP contribution in [0.2, 0.25) is 0 Å². The molecule has 0 saturated heterocycles. The molecule has 1 aliphatic carbocycles. The predicted octanol–water partition coefficient (Wildman–Crippen LogP) is 2.54. The summed E-state index contributed by atoms with van der Waals surface area (Å²) in [6, 6.07) is 4.47. The zero-order valence-electron chi connectivity index (χ0n) is 11.7. The fraction of sp³-hybridized carbons (Fsp3) is 0.533. The van der Waals surface area contributed by atoms with Gasteiger partial charge in [-0.05, 0) is 44.4 Å². The summed E-state index contributed by atoms with van der Waals surface area (Å²) in [5.74, 6) is -0.156. The highest BCUT2D eigenvalue weighted by molar-refractivity contribution is 5.93. The molecule has 0 heterocycles. The molecule has 0 radical (unpaired) electrons. The molecule has 2 unspecified atom stereocenters. The minimum absolute atomic E-state index is 0.0605. The number of nitrogens with one attached hydrogen (secondary N) is 1. The number of halogens is 1. The van der Waals surface area contributed by atoms with E-state index in [4.69, 9.17) is 10.5 Å². The molecular weight excluding hydrogens is 259 g/mol. The summed E-state index contributed by atoms with van der Waals surface area (Å²) in [4.78, 5) is 12.2. The summed E-state index contributed by atoms with van der Waals surface area (Å²) in [6.07, 6.45) is 2.87. The Morgan fingerprint density at radius 2 is 2.30 bits per heavy atom. The van der Waals surface area contributed by atoms with E-state index in [0.29, 0.717) is 18.8 Å². The van der Waals surface area contributed by atoms with E-state index in [2.05, 4.69) is 5.32 Å². The third kappa shape index (κ3) is 3.28. The van der Waals surface area contributed by atoms with Gasteiger partial charge in [-0.15, -0.1) is 0 Å². The number of nitrogens with two attached hydrogens (primary N) is 1. The summed E-state index contributed by atoms with van der Waals surface area (Å²) in [5.41, 5.74) is 6.13. The lowest BCUT2D eigenvalue weighted by Gasteiger charge is -2.17. The maximum Gasteiger partial charge on any atom is 0.227 e. The molecule has 110 valence electrons. The second-order valence-electron chi connectivity index (χ2n) is 5.10. The second kappa shape index (κ2) is 6.70.